The van der Waals surface area contributed by atoms with Gasteiger partial charge in [-0.2, -0.15) is 5.10 Å². The molecule has 0 amide bonds. The minimum absolute atomic E-state index is 0.547. The molecule has 0 fully saturated rings. The van der Waals surface area contributed by atoms with Crippen LogP contribution in [0.1, 0.15) is 5.56 Å². The summed E-state index contributed by atoms with van der Waals surface area (Å²) in [5, 5.41) is 12.3. The van der Waals surface area contributed by atoms with Crippen LogP contribution in [0.3, 0.4) is 0 Å². The first kappa shape index (κ1) is 14.1. The largest absolute Gasteiger partial charge is 0.497 e. The average Bonchev–Trinajstić information content (AvgIpc) is 3.12. The normalized spacial score (nSPS) is 11.4. The number of rotatable bonds is 4. The molecule has 1 N–H and O–H groups in total. The molecule has 2 aromatic heterocycles. The highest BCUT2D eigenvalue weighted by atomic mass is 16.5. The Kier molecular flexibility index (Phi) is 3.51. The van der Waals surface area contributed by atoms with Crippen molar-refractivity contribution in [3.05, 3.63) is 60.4 Å². The SMILES string of the molecule is COc1cccc(/C=N/Nc2nc3ccccc3n3cnnc23)c1. The lowest BCUT2D eigenvalue weighted by molar-refractivity contribution is 0.415. The highest BCUT2D eigenvalue weighted by molar-refractivity contribution is 5.84. The van der Waals surface area contributed by atoms with Gasteiger partial charge in [0.1, 0.15) is 12.1 Å². The van der Waals surface area contributed by atoms with Gasteiger partial charge in [-0.25, -0.2) is 4.98 Å². The third-order valence-corrected chi connectivity index (χ3v) is 3.61. The van der Waals surface area contributed by atoms with E-state index >= 15 is 0 Å². The van der Waals surface area contributed by atoms with Crippen LogP contribution < -0.4 is 10.2 Å². The van der Waals surface area contributed by atoms with Gasteiger partial charge in [-0.05, 0) is 29.8 Å². The third-order valence-electron chi connectivity index (χ3n) is 3.61. The number of nitrogens with one attached hydrogen (secondary N) is 1. The molecule has 0 atom stereocenters. The predicted molar refractivity (Wildman–Crippen MR) is 92.5 cm³/mol. The van der Waals surface area contributed by atoms with Crippen LogP contribution in [0.25, 0.3) is 16.7 Å². The van der Waals surface area contributed by atoms with Gasteiger partial charge in [-0.3, -0.25) is 9.83 Å². The Bertz CT molecular complexity index is 1040. The van der Waals surface area contributed by atoms with E-state index in [2.05, 4.69) is 25.7 Å². The van der Waals surface area contributed by atoms with Gasteiger partial charge in [0.15, 0.2) is 5.82 Å². The van der Waals surface area contributed by atoms with E-state index < -0.39 is 0 Å². The van der Waals surface area contributed by atoms with Crippen molar-refractivity contribution in [2.45, 2.75) is 0 Å². The number of ether oxygens (including phenoxy) is 1. The second-order valence-electron chi connectivity index (χ2n) is 5.12. The summed E-state index contributed by atoms with van der Waals surface area (Å²) in [6.45, 7) is 0. The van der Waals surface area contributed by atoms with Crippen molar-refractivity contribution in [2.75, 3.05) is 12.5 Å². The number of nitrogens with zero attached hydrogens (tertiary/aromatic N) is 5. The number of para-hydroxylation sites is 2. The molecule has 0 spiro atoms. The molecule has 0 unspecified atom stereocenters. The van der Waals surface area contributed by atoms with Gasteiger partial charge in [0.25, 0.3) is 0 Å². The van der Waals surface area contributed by atoms with E-state index in [9.17, 15) is 0 Å². The van der Waals surface area contributed by atoms with Crippen molar-refractivity contribution >= 4 is 28.7 Å². The van der Waals surface area contributed by atoms with Gasteiger partial charge in [-0.15, -0.1) is 10.2 Å². The first-order chi connectivity index (χ1) is 11.8. The molecule has 0 saturated carbocycles. The second kappa shape index (κ2) is 5.96. The van der Waals surface area contributed by atoms with Crippen molar-refractivity contribution in [1.29, 1.82) is 0 Å². The molecule has 7 heteroatoms. The molecular weight excluding hydrogens is 304 g/mol. The standard InChI is InChI=1S/C17H14N6O/c1-24-13-6-4-5-12(9-13)10-18-21-16-17-22-19-11-23(17)15-8-3-2-7-14(15)20-16/h2-11H,1H3,(H,20,21)/b18-10+. The average molecular weight is 318 g/mol. The zero-order chi connectivity index (χ0) is 16.4. The van der Waals surface area contributed by atoms with Crippen molar-refractivity contribution in [2.24, 2.45) is 5.10 Å². The number of hydrogen-bond donors (Lipinski definition) is 1. The summed E-state index contributed by atoms with van der Waals surface area (Å²) >= 11 is 0. The summed E-state index contributed by atoms with van der Waals surface area (Å²) in [6, 6.07) is 15.4. The van der Waals surface area contributed by atoms with E-state index in [1.807, 2.05) is 52.9 Å². The van der Waals surface area contributed by atoms with E-state index in [0.29, 0.717) is 11.5 Å². The number of anilines is 1. The molecule has 0 aliphatic heterocycles. The summed E-state index contributed by atoms with van der Waals surface area (Å²) in [4.78, 5) is 4.57. The van der Waals surface area contributed by atoms with Crippen LogP contribution in [0.4, 0.5) is 5.82 Å². The number of benzene rings is 2. The molecule has 4 rings (SSSR count). The van der Waals surface area contributed by atoms with Crippen LogP contribution in [0.2, 0.25) is 0 Å². The van der Waals surface area contributed by atoms with E-state index in [0.717, 1.165) is 22.3 Å². The molecule has 24 heavy (non-hydrogen) atoms. The predicted octanol–water partition coefficient (Wildman–Crippen LogP) is 2.73. The van der Waals surface area contributed by atoms with Crippen LogP contribution in [-0.4, -0.2) is 32.9 Å². The Morgan fingerprint density at radius 1 is 1.17 bits per heavy atom. The van der Waals surface area contributed by atoms with Gasteiger partial charge in [0.2, 0.25) is 5.65 Å². The molecule has 0 saturated heterocycles. The Hall–Kier alpha value is -3.48. The summed E-state index contributed by atoms with van der Waals surface area (Å²) in [7, 11) is 1.63. The molecule has 2 heterocycles. The van der Waals surface area contributed by atoms with Crippen LogP contribution in [0, 0.1) is 0 Å². The fourth-order valence-electron chi connectivity index (χ4n) is 2.47. The molecule has 0 aliphatic rings. The van der Waals surface area contributed by atoms with Crippen LogP contribution in [0.5, 0.6) is 5.75 Å². The molecule has 0 radical (unpaired) electrons. The van der Waals surface area contributed by atoms with Crippen molar-refractivity contribution in [3.8, 4) is 5.75 Å². The summed E-state index contributed by atoms with van der Waals surface area (Å²) in [5.41, 5.74) is 6.27. The summed E-state index contributed by atoms with van der Waals surface area (Å²) in [5.74, 6) is 1.33. The lowest BCUT2D eigenvalue weighted by Gasteiger charge is -2.05. The molecule has 4 aromatic rings. The summed E-state index contributed by atoms with van der Waals surface area (Å²) < 4.78 is 7.08. The van der Waals surface area contributed by atoms with Crippen LogP contribution in [0.15, 0.2) is 60.0 Å². The van der Waals surface area contributed by atoms with Gasteiger partial charge in [0.05, 0.1) is 24.4 Å². The van der Waals surface area contributed by atoms with Crippen molar-refractivity contribution in [3.63, 3.8) is 0 Å². The molecule has 2 aromatic carbocycles. The highest BCUT2D eigenvalue weighted by Gasteiger charge is 2.09. The number of fused-ring (bicyclic) bond motifs is 3. The van der Waals surface area contributed by atoms with Gasteiger partial charge in [-0.1, -0.05) is 24.3 Å². The van der Waals surface area contributed by atoms with Gasteiger partial charge >= 0.3 is 0 Å². The number of hydrazone groups is 1. The first-order valence-corrected chi connectivity index (χ1v) is 7.37. The fourth-order valence-corrected chi connectivity index (χ4v) is 2.47. The fraction of sp³-hybridized carbons (Fsp3) is 0.0588. The van der Waals surface area contributed by atoms with Gasteiger partial charge < -0.3 is 4.74 Å². The van der Waals surface area contributed by atoms with E-state index in [1.54, 1.807) is 19.7 Å². The van der Waals surface area contributed by atoms with E-state index in [4.69, 9.17) is 4.74 Å². The molecule has 7 nitrogen and oxygen atoms in total. The Balaban J connectivity index is 1.68. The minimum atomic E-state index is 0.547. The zero-order valence-electron chi connectivity index (χ0n) is 12.9. The second-order valence-corrected chi connectivity index (χ2v) is 5.12. The van der Waals surface area contributed by atoms with E-state index in [1.165, 1.54) is 0 Å². The topological polar surface area (TPSA) is 76.7 Å². The maximum Gasteiger partial charge on any atom is 0.205 e. The van der Waals surface area contributed by atoms with Crippen molar-refractivity contribution < 1.29 is 4.74 Å². The number of aromatic nitrogens is 4. The Labute approximate surface area is 137 Å². The van der Waals surface area contributed by atoms with Crippen LogP contribution in [-0.2, 0) is 0 Å². The summed E-state index contributed by atoms with van der Waals surface area (Å²) in [6.07, 6.45) is 3.36. The molecule has 0 bridgehead atoms. The highest BCUT2D eigenvalue weighted by Crippen LogP contribution is 2.19. The van der Waals surface area contributed by atoms with Gasteiger partial charge in [0, 0.05) is 0 Å². The zero-order valence-corrected chi connectivity index (χ0v) is 12.9. The molecule has 118 valence electrons. The Morgan fingerprint density at radius 3 is 3.00 bits per heavy atom. The first-order valence-electron chi connectivity index (χ1n) is 7.37. The lowest BCUT2D eigenvalue weighted by atomic mass is 10.2. The maximum absolute atomic E-state index is 5.20. The van der Waals surface area contributed by atoms with Crippen molar-refractivity contribution in [1.82, 2.24) is 19.6 Å². The number of hydrogen-bond acceptors (Lipinski definition) is 6. The van der Waals surface area contributed by atoms with Crippen LogP contribution >= 0.6 is 0 Å². The minimum Gasteiger partial charge on any atom is -0.497 e. The molecule has 0 aliphatic carbocycles. The van der Waals surface area contributed by atoms with E-state index in [-0.39, 0.29) is 0 Å². The Morgan fingerprint density at radius 2 is 2.08 bits per heavy atom. The smallest absolute Gasteiger partial charge is 0.205 e. The lowest BCUT2D eigenvalue weighted by Crippen LogP contribution is -1.99. The maximum atomic E-state index is 5.20. The quantitative estimate of drug-likeness (QED) is 0.462. The number of methoxy groups -OCH3 is 1. The molecular formula is C17H14N6O. The third kappa shape index (κ3) is 2.52. The monoisotopic (exact) mass is 318 g/mol.